The van der Waals surface area contributed by atoms with Gasteiger partial charge in [-0.05, 0) is 56.6 Å². The SMILES string of the molecule is Cl.O=C(Cn1cnc2ccccc2c1=O)N(Cc1ccccn1)C1CCCNCC1. The highest BCUT2D eigenvalue weighted by atomic mass is 35.5. The number of nitrogens with one attached hydrogen (secondary N) is 1. The Kier molecular flexibility index (Phi) is 7.54. The lowest BCUT2D eigenvalue weighted by molar-refractivity contribution is -0.135. The number of carbonyl (C=O) groups excluding carboxylic acids is 1. The summed E-state index contributed by atoms with van der Waals surface area (Å²) in [6.45, 7) is 2.28. The third kappa shape index (κ3) is 5.04. The molecular formula is C22H26ClN5O2. The van der Waals surface area contributed by atoms with Gasteiger partial charge in [0.25, 0.3) is 5.56 Å². The summed E-state index contributed by atoms with van der Waals surface area (Å²) < 4.78 is 1.41. The molecule has 0 saturated carbocycles. The molecule has 1 N–H and O–H groups in total. The second-order valence-corrected chi connectivity index (χ2v) is 7.37. The Morgan fingerprint density at radius 1 is 1.10 bits per heavy atom. The molecule has 2 aromatic heterocycles. The van der Waals surface area contributed by atoms with Crippen molar-refractivity contribution in [2.75, 3.05) is 13.1 Å². The highest BCUT2D eigenvalue weighted by Crippen LogP contribution is 2.17. The van der Waals surface area contributed by atoms with Crippen molar-refractivity contribution in [2.45, 2.75) is 38.4 Å². The number of fused-ring (bicyclic) bond motifs is 1. The van der Waals surface area contributed by atoms with Crippen LogP contribution in [0.4, 0.5) is 0 Å². The molecular weight excluding hydrogens is 402 g/mol. The van der Waals surface area contributed by atoms with E-state index >= 15 is 0 Å². The standard InChI is InChI=1S/C22H25N5O2.ClH/c28-21(15-26-16-25-20-9-2-1-8-19(20)22(26)29)27(14-17-6-3-4-12-24-17)18-7-5-11-23-13-10-18;/h1-4,6,8-9,12,16,18,23H,5,7,10-11,13-15H2;1H. The number of rotatable bonds is 5. The number of hydrogen-bond donors (Lipinski definition) is 1. The minimum Gasteiger partial charge on any atom is -0.332 e. The molecule has 30 heavy (non-hydrogen) atoms. The van der Waals surface area contributed by atoms with E-state index in [9.17, 15) is 9.59 Å². The second-order valence-electron chi connectivity index (χ2n) is 7.37. The van der Waals surface area contributed by atoms with Gasteiger partial charge in [0.1, 0.15) is 6.54 Å². The van der Waals surface area contributed by atoms with Gasteiger partial charge in [-0.3, -0.25) is 19.1 Å². The van der Waals surface area contributed by atoms with E-state index in [-0.39, 0.29) is 36.5 Å². The van der Waals surface area contributed by atoms with Crippen LogP contribution >= 0.6 is 12.4 Å². The van der Waals surface area contributed by atoms with E-state index in [4.69, 9.17) is 0 Å². The van der Waals surface area contributed by atoms with Crippen LogP contribution < -0.4 is 10.9 Å². The Bertz CT molecular complexity index is 1030. The summed E-state index contributed by atoms with van der Waals surface area (Å²) in [4.78, 5) is 36.7. The molecule has 0 bridgehead atoms. The van der Waals surface area contributed by atoms with Crippen LogP contribution in [-0.2, 0) is 17.9 Å². The number of pyridine rings is 1. The Morgan fingerprint density at radius 3 is 2.77 bits per heavy atom. The largest absolute Gasteiger partial charge is 0.332 e. The minimum atomic E-state index is -0.190. The molecule has 4 rings (SSSR count). The maximum absolute atomic E-state index is 13.3. The predicted octanol–water partition coefficient (Wildman–Crippen LogP) is 2.38. The molecule has 1 aliphatic rings. The normalized spacial score (nSPS) is 16.5. The number of hydrogen-bond acceptors (Lipinski definition) is 5. The molecule has 1 atom stereocenters. The zero-order valence-corrected chi connectivity index (χ0v) is 17.6. The van der Waals surface area contributed by atoms with Gasteiger partial charge in [-0.1, -0.05) is 18.2 Å². The monoisotopic (exact) mass is 427 g/mol. The Balaban J connectivity index is 0.00000256. The number of benzene rings is 1. The number of nitrogens with zero attached hydrogens (tertiary/aromatic N) is 4. The van der Waals surface area contributed by atoms with Gasteiger partial charge < -0.3 is 10.2 Å². The zero-order valence-electron chi connectivity index (χ0n) is 16.7. The molecule has 3 aromatic rings. The third-order valence-electron chi connectivity index (χ3n) is 5.40. The van der Waals surface area contributed by atoms with Crippen molar-refractivity contribution in [3.05, 3.63) is 71.0 Å². The molecule has 0 spiro atoms. The van der Waals surface area contributed by atoms with E-state index in [0.717, 1.165) is 38.0 Å². The van der Waals surface area contributed by atoms with Crippen LogP contribution in [0.3, 0.4) is 0 Å². The van der Waals surface area contributed by atoms with E-state index in [1.807, 2.05) is 35.2 Å². The van der Waals surface area contributed by atoms with Crippen molar-refractivity contribution in [3.8, 4) is 0 Å². The van der Waals surface area contributed by atoms with Gasteiger partial charge in [0.05, 0.1) is 29.5 Å². The van der Waals surface area contributed by atoms with Gasteiger partial charge in [0, 0.05) is 12.2 Å². The molecule has 0 radical (unpaired) electrons. The summed E-state index contributed by atoms with van der Waals surface area (Å²) in [5.74, 6) is -0.0817. The molecule has 8 heteroatoms. The van der Waals surface area contributed by atoms with Crippen LogP contribution in [0.5, 0.6) is 0 Å². The quantitative estimate of drug-likeness (QED) is 0.676. The summed E-state index contributed by atoms with van der Waals surface area (Å²) in [6.07, 6.45) is 6.06. The van der Waals surface area contributed by atoms with Crippen LogP contribution in [-0.4, -0.2) is 44.5 Å². The third-order valence-corrected chi connectivity index (χ3v) is 5.40. The fourth-order valence-corrected chi connectivity index (χ4v) is 3.85. The van der Waals surface area contributed by atoms with E-state index in [2.05, 4.69) is 15.3 Å². The number of carbonyl (C=O) groups is 1. The second kappa shape index (κ2) is 10.3. The Labute approximate surface area is 181 Å². The van der Waals surface area contributed by atoms with Gasteiger partial charge in [-0.15, -0.1) is 12.4 Å². The van der Waals surface area contributed by atoms with Crippen molar-refractivity contribution in [3.63, 3.8) is 0 Å². The van der Waals surface area contributed by atoms with Crippen molar-refractivity contribution >= 4 is 29.2 Å². The summed E-state index contributed by atoms with van der Waals surface area (Å²) in [7, 11) is 0. The average molecular weight is 428 g/mol. The van der Waals surface area contributed by atoms with Crippen molar-refractivity contribution < 1.29 is 4.79 Å². The lowest BCUT2D eigenvalue weighted by Crippen LogP contribution is -2.43. The molecule has 1 aromatic carbocycles. The molecule has 3 heterocycles. The maximum atomic E-state index is 13.3. The fourth-order valence-electron chi connectivity index (χ4n) is 3.85. The Morgan fingerprint density at radius 2 is 1.93 bits per heavy atom. The molecule has 7 nitrogen and oxygen atoms in total. The molecule has 1 aliphatic heterocycles. The first kappa shape index (κ1) is 21.9. The van der Waals surface area contributed by atoms with E-state index in [1.165, 1.54) is 10.9 Å². The van der Waals surface area contributed by atoms with Gasteiger partial charge in [-0.2, -0.15) is 0 Å². The lowest BCUT2D eigenvalue weighted by atomic mass is 10.1. The Hall–Kier alpha value is -2.77. The number of aromatic nitrogens is 3. The summed E-state index contributed by atoms with van der Waals surface area (Å²) in [6, 6.07) is 13.1. The summed E-state index contributed by atoms with van der Waals surface area (Å²) >= 11 is 0. The fraction of sp³-hybridized carbons (Fsp3) is 0.364. The molecule has 158 valence electrons. The van der Waals surface area contributed by atoms with E-state index in [1.54, 1.807) is 18.3 Å². The van der Waals surface area contributed by atoms with Crippen molar-refractivity contribution in [1.29, 1.82) is 0 Å². The first-order valence-electron chi connectivity index (χ1n) is 10.1. The van der Waals surface area contributed by atoms with Crippen LogP contribution in [0.15, 0.2) is 59.8 Å². The predicted molar refractivity (Wildman–Crippen MR) is 119 cm³/mol. The van der Waals surface area contributed by atoms with Crippen LogP contribution in [0, 0.1) is 0 Å². The summed E-state index contributed by atoms with van der Waals surface area (Å²) in [5, 5.41) is 3.92. The van der Waals surface area contributed by atoms with Gasteiger partial charge >= 0.3 is 0 Å². The number of para-hydroxylation sites is 1. The van der Waals surface area contributed by atoms with Crippen LogP contribution in [0.25, 0.3) is 10.9 Å². The lowest BCUT2D eigenvalue weighted by Gasteiger charge is -2.31. The van der Waals surface area contributed by atoms with Gasteiger partial charge in [0.2, 0.25) is 5.91 Å². The first-order chi connectivity index (χ1) is 14.2. The number of amides is 1. The van der Waals surface area contributed by atoms with Crippen LogP contribution in [0.1, 0.15) is 25.0 Å². The van der Waals surface area contributed by atoms with E-state index < -0.39 is 0 Å². The molecule has 1 amide bonds. The molecule has 1 saturated heterocycles. The van der Waals surface area contributed by atoms with Crippen molar-refractivity contribution in [2.24, 2.45) is 0 Å². The smallest absolute Gasteiger partial charge is 0.261 e. The molecule has 1 unspecified atom stereocenters. The molecule has 0 aliphatic carbocycles. The van der Waals surface area contributed by atoms with Crippen LogP contribution in [0.2, 0.25) is 0 Å². The average Bonchev–Trinajstić information content (AvgIpc) is 3.04. The van der Waals surface area contributed by atoms with E-state index in [0.29, 0.717) is 17.4 Å². The van der Waals surface area contributed by atoms with Crippen molar-refractivity contribution in [1.82, 2.24) is 24.8 Å². The maximum Gasteiger partial charge on any atom is 0.261 e. The van der Waals surface area contributed by atoms with Gasteiger partial charge in [0.15, 0.2) is 0 Å². The first-order valence-corrected chi connectivity index (χ1v) is 10.1. The summed E-state index contributed by atoms with van der Waals surface area (Å²) in [5.41, 5.74) is 1.30. The molecule has 1 fully saturated rings. The highest BCUT2D eigenvalue weighted by molar-refractivity contribution is 5.85. The topological polar surface area (TPSA) is 80.1 Å². The highest BCUT2D eigenvalue weighted by Gasteiger charge is 2.25. The number of halogens is 1. The zero-order chi connectivity index (χ0) is 20.1. The minimum absolute atomic E-state index is 0. The van der Waals surface area contributed by atoms with Gasteiger partial charge in [-0.25, -0.2) is 4.98 Å².